The van der Waals surface area contributed by atoms with Crippen molar-refractivity contribution in [2.75, 3.05) is 0 Å². The normalized spacial score (nSPS) is 22.8. The summed E-state index contributed by atoms with van der Waals surface area (Å²) in [6.07, 6.45) is 4.27. The number of carbonyl (C=O) groups excluding carboxylic acids is 1. The van der Waals surface area contributed by atoms with Gasteiger partial charge in [0.25, 0.3) is 5.91 Å². The van der Waals surface area contributed by atoms with E-state index in [9.17, 15) is 14.3 Å². The Labute approximate surface area is 119 Å². The second-order valence-corrected chi connectivity index (χ2v) is 5.91. The van der Waals surface area contributed by atoms with Crippen molar-refractivity contribution in [3.63, 3.8) is 0 Å². The molecule has 1 aromatic carbocycles. The van der Waals surface area contributed by atoms with E-state index in [2.05, 4.69) is 19.2 Å². The van der Waals surface area contributed by atoms with E-state index in [1.807, 2.05) is 0 Å². The molecule has 1 aromatic rings. The van der Waals surface area contributed by atoms with Crippen LogP contribution in [0.15, 0.2) is 18.2 Å². The van der Waals surface area contributed by atoms with Crippen LogP contribution in [-0.4, -0.2) is 17.1 Å². The molecule has 110 valence electrons. The third-order valence-corrected chi connectivity index (χ3v) is 4.21. The van der Waals surface area contributed by atoms with Gasteiger partial charge in [-0.25, -0.2) is 4.39 Å². The lowest BCUT2D eigenvalue weighted by molar-refractivity contribution is 0.0882. The van der Waals surface area contributed by atoms with E-state index in [0.29, 0.717) is 11.8 Å². The van der Waals surface area contributed by atoms with Crippen LogP contribution >= 0.6 is 0 Å². The molecule has 20 heavy (non-hydrogen) atoms. The van der Waals surface area contributed by atoms with Crippen LogP contribution in [0.4, 0.5) is 4.39 Å². The van der Waals surface area contributed by atoms with Crippen LogP contribution in [0, 0.1) is 17.7 Å². The van der Waals surface area contributed by atoms with Gasteiger partial charge in [0.15, 0.2) is 0 Å². The fraction of sp³-hybridized carbons (Fsp3) is 0.562. The van der Waals surface area contributed by atoms with E-state index < -0.39 is 11.7 Å². The van der Waals surface area contributed by atoms with Crippen molar-refractivity contribution in [3.8, 4) is 5.75 Å². The van der Waals surface area contributed by atoms with E-state index in [4.69, 9.17) is 0 Å². The molecule has 2 unspecified atom stereocenters. The number of amides is 1. The third-order valence-electron chi connectivity index (χ3n) is 4.21. The van der Waals surface area contributed by atoms with E-state index in [1.165, 1.54) is 24.6 Å². The van der Waals surface area contributed by atoms with Gasteiger partial charge in [0.2, 0.25) is 0 Å². The van der Waals surface area contributed by atoms with Gasteiger partial charge in [-0.1, -0.05) is 32.8 Å². The Morgan fingerprint density at radius 1 is 1.35 bits per heavy atom. The van der Waals surface area contributed by atoms with Crippen LogP contribution in [-0.2, 0) is 0 Å². The van der Waals surface area contributed by atoms with Gasteiger partial charge in [0, 0.05) is 6.04 Å². The minimum absolute atomic E-state index is 0.0651. The summed E-state index contributed by atoms with van der Waals surface area (Å²) < 4.78 is 13.7. The second kappa shape index (κ2) is 6.25. The molecule has 3 nitrogen and oxygen atoms in total. The minimum Gasteiger partial charge on any atom is -0.507 e. The first kappa shape index (κ1) is 14.8. The highest BCUT2D eigenvalue weighted by atomic mass is 19.1. The largest absolute Gasteiger partial charge is 0.507 e. The molecule has 0 spiro atoms. The molecule has 1 amide bonds. The monoisotopic (exact) mass is 279 g/mol. The molecule has 0 heterocycles. The summed E-state index contributed by atoms with van der Waals surface area (Å²) in [7, 11) is 0. The van der Waals surface area contributed by atoms with Crippen LogP contribution in [0.3, 0.4) is 0 Å². The van der Waals surface area contributed by atoms with Crippen LogP contribution in [0.25, 0.3) is 0 Å². The number of hydrogen-bond donors (Lipinski definition) is 2. The fourth-order valence-electron chi connectivity index (χ4n) is 3.11. The Bertz CT molecular complexity index is 467. The van der Waals surface area contributed by atoms with Gasteiger partial charge in [-0.05, 0) is 36.8 Å². The molecule has 0 bridgehead atoms. The predicted octanol–water partition coefficient (Wildman–Crippen LogP) is 3.48. The maximum Gasteiger partial charge on any atom is 0.258 e. The van der Waals surface area contributed by atoms with E-state index in [0.717, 1.165) is 19.3 Å². The molecular formula is C16H22FNO2. The van der Waals surface area contributed by atoms with Crippen LogP contribution in [0.5, 0.6) is 5.75 Å². The van der Waals surface area contributed by atoms with Gasteiger partial charge in [-0.15, -0.1) is 0 Å². The van der Waals surface area contributed by atoms with Gasteiger partial charge < -0.3 is 10.4 Å². The van der Waals surface area contributed by atoms with Crippen molar-refractivity contribution in [1.82, 2.24) is 5.32 Å². The van der Waals surface area contributed by atoms with Crippen LogP contribution < -0.4 is 5.32 Å². The Kier molecular flexibility index (Phi) is 4.63. The number of nitrogens with one attached hydrogen (secondary N) is 1. The zero-order chi connectivity index (χ0) is 14.7. The van der Waals surface area contributed by atoms with E-state index in [-0.39, 0.29) is 17.4 Å². The summed E-state index contributed by atoms with van der Waals surface area (Å²) in [5.41, 5.74) is -0.249. The average molecular weight is 279 g/mol. The molecule has 1 saturated carbocycles. The van der Waals surface area contributed by atoms with Gasteiger partial charge >= 0.3 is 0 Å². The summed E-state index contributed by atoms with van der Waals surface area (Å²) >= 11 is 0. The number of phenols is 1. The lowest BCUT2D eigenvalue weighted by Gasteiger charge is -2.35. The van der Waals surface area contributed by atoms with Gasteiger partial charge in [0.05, 0.1) is 0 Å². The van der Waals surface area contributed by atoms with Crippen molar-refractivity contribution in [3.05, 3.63) is 29.6 Å². The SMILES string of the molecule is CC(C)C1CCCCC1NC(=O)c1c(O)cccc1F. The lowest BCUT2D eigenvalue weighted by Crippen LogP contribution is -2.44. The average Bonchev–Trinajstić information content (AvgIpc) is 2.38. The standard InChI is InChI=1S/C16H22FNO2/c1-10(2)11-6-3-4-8-13(11)18-16(20)15-12(17)7-5-9-14(15)19/h5,7,9-11,13,19H,3-4,6,8H2,1-2H3,(H,18,20). The van der Waals surface area contributed by atoms with Crippen LogP contribution in [0.1, 0.15) is 49.9 Å². The maximum atomic E-state index is 13.7. The highest BCUT2D eigenvalue weighted by Gasteiger charge is 2.30. The highest BCUT2D eigenvalue weighted by molar-refractivity contribution is 5.97. The van der Waals surface area contributed by atoms with Gasteiger partial charge in [-0.2, -0.15) is 0 Å². The van der Waals surface area contributed by atoms with Gasteiger partial charge in [0.1, 0.15) is 17.1 Å². The maximum absolute atomic E-state index is 13.7. The smallest absolute Gasteiger partial charge is 0.258 e. The molecule has 0 saturated heterocycles. The zero-order valence-electron chi connectivity index (χ0n) is 12.0. The Morgan fingerprint density at radius 3 is 2.70 bits per heavy atom. The minimum atomic E-state index is -0.681. The molecule has 2 N–H and O–H groups in total. The molecule has 1 fully saturated rings. The zero-order valence-corrected chi connectivity index (χ0v) is 12.0. The molecule has 4 heteroatoms. The van der Waals surface area contributed by atoms with Crippen molar-refractivity contribution < 1.29 is 14.3 Å². The van der Waals surface area contributed by atoms with Crippen molar-refractivity contribution in [2.24, 2.45) is 11.8 Å². The Hall–Kier alpha value is -1.58. The molecule has 0 aliphatic heterocycles. The Balaban J connectivity index is 2.14. The molecule has 0 radical (unpaired) electrons. The second-order valence-electron chi connectivity index (χ2n) is 5.91. The third kappa shape index (κ3) is 3.11. The molecule has 0 aromatic heterocycles. The first-order valence-electron chi connectivity index (χ1n) is 7.29. The molecule has 2 rings (SSSR count). The first-order chi connectivity index (χ1) is 9.50. The quantitative estimate of drug-likeness (QED) is 0.890. The van der Waals surface area contributed by atoms with E-state index >= 15 is 0 Å². The number of hydrogen-bond acceptors (Lipinski definition) is 2. The molecular weight excluding hydrogens is 257 g/mol. The summed E-state index contributed by atoms with van der Waals surface area (Å²) in [5, 5.41) is 12.6. The number of aromatic hydroxyl groups is 1. The number of rotatable bonds is 3. The van der Waals surface area contributed by atoms with Crippen molar-refractivity contribution >= 4 is 5.91 Å². The number of phenolic OH excluding ortho intramolecular Hbond substituents is 1. The van der Waals surface area contributed by atoms with E-state index in [1.54, 1.807) is 0 Å². The summed E-state index contributed by atoms with van der Waals surface area (Å²) in [4.78, 5) is 12.2. The summed E-state index contributed by atoms with van der Waals surface area (Å²) in [6.45, 7) is 4.30. The molecule has 1 aliphatic carbocycles. The number of benzene rings is 1. The van der Waals surface area contributed by atoms with Gasteiger partial charge in [-0.3, -0.25) is 4.79 Å². The topological polar surface area (TPSA) is 49.3 Å². The molecule has 2 atom stereocenters. The van der Waals surface area contributed by atoms with Crippen molar-refractivity contribution in [1.29, 1.82) is 0 Å². The van der Waals surface area contributed by atoms with Crippen molar-refractivity contribution in [2.45, 2.75) is 45.6 Å². The summed E-state index contributed by atoms with van der Waals surface area (Å²) in [5.74, 6) is -0.603. The number of carbonyl (C=O) groups is 1. The lowest BCUT2D eigenvalue weighted by atomic mass is 9.78. The Morgan fingerprint density at radius 2 is 2.05 bits per heavy atom. The van der Waals surface area contributed by atoms with Crippen LogP contribution in [0.2, 0.25) is 0 Å². The fourth-order valence-corrected chi connectivity index (χ4v) is 3.11. The molecule has 1 aliphatic rings. The number of halogens is 1. The highest BCUT2D eigenvalue weighted by Crippen LogP contribution is 2.31. The first-order valence-corrected chi connectivity index (χ1v) is 7.29. The predicted molar refractivity (Wildman–Crippen MR) is 76.1 cm³/mol. The summed E-state index contributed by atoms with van der Waals surface area (Å²) in [6, 6.07) is 3.97.